The van der Waals surface area contributed by atoms with E-state index in [4.69, 9.17) is 0 Å². The molecule has 2 fully saturated rings. The van der Waals surface area contributed by atoms with Crippen LogP contribution < -0.4 is 10.6 Å². The minimum atomic E-state index is -0.289. The quantitative estimate of drug-likeness (QED) is 0.819. The molecule has 4 atom stereocenters. The summed E-state index contributed by atoms with van der Waals surface area (Å²) in [7, 11) is 3.51. The zero-order valence-electron chi connectivity index (χ0n) is 12.4. The number of hydrogen-bond donors (Lipinski definition) is 2. The molecule has 1 aromatic rings. The number of carbonyl (C=O) groups is 2. The van der Waals surface area contributed by atoms with Crippen molar-refractivity contribution in [2.75, 3.05) is 14.1 Å². The zero-order chi connectivity index (χ0) is 15.1. The molecule has 2 saturated heterocycles. The van der Waals surface area contributed by atoms with Gasteiger partial charge in [-0.05, 0) is 12.5 Å². The summed E-state index contributed by atoms with van der Waals surface area (Å²) in [5.74, 6) is 0.0813. The second-order valence-corrected chi connectivity index (χ2v) is 5.79. The Bertz CT molecular complexity index is 562. The number of hydrogen-bond acceptors (Lipinski definition) is 2. The normalized spacial score (nSPS) is 32.3. The molecule has 2 heterocycles. The summed E-state index contributed by atoms with van der Waals surface area (Å²) < 4.78 is 0. The number of rotatable bonds is 1. The minimum absolute atomic E-state index is 0.0213. The summed E-state index contributed by atoms with van der Waals surface area (Å²) in [6.07, 6.45) is -0.289. The van der Waals surface area contributed by atoms with Crippen molar-refractivity contribution in [3.05, 3.63) is 35.9 Å². The van der Waals surface area contributed by atoms with Gasteiger partial charge in [0.25, 0.3) is 0 Å². The average molecular weight is 288 g/mol. The van der Waals surface area contributed by atoms with E-state index < -0.39 is 0 Å². The third-order valence-corrected chi connectivity index (χ3v) is 4.55. The van der Waals surface area contributed by atoms with Crippen molar-refractivity contribution in [1.82, 2.24) is 20.4 Å². The molecule has 0 unspecified atom stereocenters. The van der Waals surface area contributed by atoms with Crippen molar-refractivity contribution in [2.24, 2.45) is 5.92 Å². The smallest absolute Gasteiger partial charge is 0.319 e. The predicted molar refractivity (Wildman–Crippen MR) is 78.5 cm³/mol. The van der Waals surface area contributed by atoms with Crippen LogP contribution in [0.5, 0.6) is 0 Å². The van der Waals surface area contributed by atoms with E-state index in [1.54, 1.807) is 23.9 Å². The molecule has 0 aliphatic carbocycles. The van der Waals surface area contributed by atoms with Gasteiger partial charge in [0.2, 0.25) is 0 Å². The summed E-state index contributed by atoms with van der Waals surface area (Å²) in [5, 5.41) is 5.90. The number of amides is 4. The lowest BCUT2D eigenvalue weighted by Crippen LogP contribution is -2.71. The molecular weight excluding hydrogens is 268 g/mol. The van der Waals surface area contributed by atoms with Crippen LogP contribution in [0.1, 0.15) is 18.5 Å². The van der Waals surface area contributed by atoms with E-state index in [1.165, 1.54) is 0 Å². The molecule has 2 N–H and O–H groups in total. The van der Waals surface area contributed by atoms with Crippen molar-refractivity contribution < 1.29 is 9.59 Å². The molecular formula is C15H20N4O2. The van der Waals surface area contributed by atoms with Gasteiger partial charge in [-0.2, -0.15) is 0 Å². The fourth-order valence-electron chi connectivity index (χ4n) is 3.40. The SMILES string of the molecule is C[C@@H]1NC(=O)N(C)[C@@H]2NC(=O)N(C)[C@@H](c3ccccc3)[C@H]12. The molecule has 6 heteroatoms. The van der Waals surface area contributed by atoms with Crippen LogP contribution in [0.25, 0.3) is 0 Å². The average Bonchev–Trinajstić information content (AvgIpc) is 2.48. The Morgan fingerprint density at radius 1 is 0.952 bits per heavy atom. The fourth-order valence-corrected chi connectivity index (χ4v) is 3.40. The molecule has 0 radical (unpaired) electrons. The topological polar surface area (TPSA) is 64.7 Å². The molecule has 6 nitrogen and oxygen atoms in total. The molecule has 0 spiro atoms. The summed E-state index contributed by atoms with van der Waals surface area (Å²) in [6.45, 7) is 1.99. The Labute approximate surface area is 124 Å². The van der Waals surface area contributed by atoms with Gasteiger partial charge in [0.1, 0.15) is 6.17 Å². The van der Waals surface area contributed by atoms with Crippen LogP contribution in [0.2, 0.25) is 0 Å². The van der Waals surface area contributed by atoms with E-state index >= 15 is 0 Å². The molecule has 0 saturated carbocycles. The Morgan fingerprint density at radius 3 is 2.24 bits per heavy atom. The standard InChI is InChI=1S/C15H20N4O2/c1-9-11-12(10-7-5-4-6-8-10)18(2)15(21)17-13(11)19(3)14(20)16-9/h4-9,11-13H,1-3H3,(H,16,20)(H,17,21)/t9-,11-,12-,13-/m0/s1. The Hall–Kier alpha value is -2.24. The van der Waals surface area contributed by atoms with Gasteiger partial charge in [0.05, 0.1) is 6.04 Å². The van der Waals surface area contributed by atoms with Crippen LogP contribution >= 0.6 is 0 Å². The third-order valence-electron chi connectivity index (χ3n) is 4.55. The van der Waals surface area contributed by atoms with Crippen LogP contribution in [-0.4, -0.2) is 48.2 Å². The molecule has 0 aromatic heterocycles. The lowest BCUT2D eigenvalue weighted by Gasteiger charge is -2.52. The van der Waals surface area contributed by atoms with E-state index in [0.29, 0.717) is 0 Å². The molecule has 2 aliphatic heterocycles. The molecule has 21 heavy (non-hydrogen) atoms. The van der Waals surface area contributed by atoms with Crippen molar-refractivity contribution in [1.29, 1.82) is 0 Å². The Balaban J connectivity index is 2.03. The third kappa shape index (κ3) is 2.11. The summed E-state index contributed by atoms with van der Waals surface area (Å²) in [4.78, 5) is 27.5. The van der Waals surface area contributed by atoms with Crippen molar-refractivity contribution in [2.45, 2.75) is 25.2 Å². The van der Waals surface area contributed by atoms with Crippen molar-refractivity contribution in [3.63, 3.8) is 0 Å². The maximum atomic E-state index is 12.2. The van der Waals surface area contributed by atoms with E-state index in [-0.39, 0.29) is 36.2 Å². The Morgan fingerprint density at radius 2 is 1.57 bits per heavy atom. The van der Waals surface area contributed by atoms with E-state index in [9.17, 15) is 9.59 Å². The van der Waals surface area contributed by atoms with Crippen molar-refractivity contribution >= 4 is 12.1 Å². The number of carbonyl (C=O) groups excluding carboxylic acids is 2. The van der Waals surface area contributed by atoms with E-state index in [1.807, 2.05) is 37.3 Å². The van der Waals surface area contributed by atoms with Crippen LogP contribution in [0, 0.1) is 5.92 Å². The number of benzene rings is 1. The second kappa shape index (κ2) is 4.95. The van der Waals surface area contributed by atoms with Gasteiger partial charge in [-0.1, -0.05) is 30.3 Å². The number of nitrogens with zero attached hydrogens (tertiary/aromatic N) is 2. The maximum absolute atomic E-state index is 12.2. The highest BCUT2D eigenvalue weighted by Crippen LogP contribution is 2.38. The molecule has 112 valence electrons. The predicted octanol–water partition coefficient (Wildman–Crippen LogP) is 1.37. The lowest BCUT2D eigenvalue weighted by molar-refractivity contribution is 0.0248. The molecule has 4 amide bonds. The second-order valence-electron chi connectivity index (χ2n) is 5.79. The highest BCUT2D eigenvalue weighted by atomic mass is 16.2. The first-order valence-electron chi connectivity index (χ1n) is 7.12. The lowest BCUT2D eigenvalue weighted by atomic mass is 9.81. The van der Waals surface area contributed by atoms with E-state index in [2.05, 4.69) is 10.6 Å². The summed E-state index contributed by atoms with van der Waals surface area (Å²) >= 11 is 0. The monoisotopic (exact) mass is 288 g/mol. The van der Waals surface area contributed by atoms with Gasteiger partial charge in [-0.25, -0.2) is 9.59 Å². The number of fused-ring (bicyclic) bond motifs is 1. The van der Waals surface area contributed by atoms with Crippen LogP contribution in [0.3, 0.4) is 0 Å². The largest absolute Gasteiger partial charge is 0.335 e. The van der Waals surface area contributed by atoms with E-state index in [0.717, 1.165) is 5.56 Å². The van der Waals surface area contributed by atoms with Crippen LogP contribution in [-0.2, 0) is 0 Å². The highest BCUT2D eigenvalue weighted by Gasteiger charge is 2.49. The van der Waals surface area contributed by atoms with Gasteiger partial charge < -0.3 is 20.4 Å². The first-order chi connectivity index (χ1) is 10.0. The molecule has 2 aliphatic rings. The Kier molecular flexibility index (Phi) is 3.23. The van der Waals surface area contributed by atoms with Gasteiger partial charge in [-0.15, -0.1) is 0 Å². The molecule has 1 aromatic carbocycles. The molecule has 3 rings (SSSR count). The molecule has 0 bridgehead atoms. The first kappa shape index (κ1) is 13.7. The van der Waals surface area contributed by atoms with Gasteiger partial charge in [0.15, 0.2) is 0 Å². The fraction of sp³-hybridized carbons (Fsp3) is 0.467. The van der Waals surface area contributed by atoms with Crippen LogP contribution in [0.15, 0.2) is 30.3 Å². The summed E-state index contributed by atoms with van der Waals surface area (Å²) in [6, 6.07) is 9.57. The number of nitrogens with one attached hydrogen (secondary N) is 2. The minimum Gasteiger partial charge on any atom is -0.335 e. The van der Waals surface area contributed by atoms with Gasteiger partial charge >= 0.3 is 12.1 Å². The number of urea groups is 2. The zero-order valence-corrected chi connectivity index (χ0v) is 12.4. The van der Waals surface area contributed by atoms with Gasteiger partial charge in [0, 0.05) is 26.1 Å². The first-order valence-corrected chi connectivity index (χ1v) is 7.12. The van der Waals surface area contributed by atoms with Gasteiger partial charge in [-0.3, -0.25) is 0 Å². The summed E-state index contributed by atoms with van der Waals surface area (Å²) in [5.41, 5.74) is 1.08. The van der Waals surface area contributed by atoms with Crippen LogP contribution in [0.4, 0.5) is 9.59 Å². The maximum Gasteiger partial charge on any atom is 0.319 e. The highest BCUT2D eigenvalue weighted by molar-refractivity contribution is 5.80. The van der Waals surface area contributed by atoms with Crippen molar-refractivity contribution in [3.8, 4) is 0 Å².